The molecule has 8 nitrogen and oxygen atoms in total. The van der Waals surface area contributed by atoms with Crippen molar-refractivity contribution in [3.63, 3.8) is 0 Å². The van der Waals surface area contributed by atoms with Crippen molar-refractivity contribution in [2.45, 2.75) is 82.1 Å². The summed E-state index contributed by atoms with van der Waals surface area (Å²) in [5.41, 5.74) is -0.556. The molecule has 9 heteroatoms. The zero-order chi connectivity index (χ0) is 27.9. The van der Waals surface area contributed by atoms with E-state index in [9.17, 15) is 14.4 Å². The van der Waals surface area contributed by atoms with Crippen LogP contribution in [0.4, 0.5) is 5.69 Å². The second kappa shape index (κ2) is 11.5. The van der Waals surface area contributed by atoms with Gasteiger partial charge in [-0.1, -0.05) is 56.0 Å². The molecule has 1 spiro atoms. The van der Waals surface area contributed by atoms with Crippen molar-refractivity contribution in [3.8, 4) is 0 Å². The minimum absolute atomic E-state index is 0.119. The van der Waals surface area contributed by atoms with E-state index in [1.807, 2.05) is 12.2 Å². The highest BCUT2D eigenvalue weighted by atomic mass is 35.5. The molecule has 1 aliphatic carbocycles. The number of hydrogen-bond donors (Lipinski definition) is 2. The van der Waals surface area contributed by atoms with Gasteiger partial charge >= 0.3 is 0 Å². The van der Waals surface area contributed by atoms with Crippen LogP contribution in [0.25, 0.3) is 0 Å². The smallest absolute Gasteiger partial charge is 0.246 e. The van der Waals surface area contributed by atoms with E-state index < -0.39 is 29.6 Å². The van der Waals surface area contributed by atoms with Crippen LogP contribution in [0.3, 0.4) is 0 Å². The summed E-state index contributed by atoms with van der Waals surface area (Å²) in [5.74, 6) is -1.37. The fourth-order valence-electron chi connectivity index (χ4n) is 7.78. The van der Waals surface area contributed by atoms with E-state index in [0.29, 0.717) is 23.2 Å². The van der Waals surface area contributed by atoms with Gasteiger partial charge in [0.25, 0.3) is 0 Å². The first kappa shape index (κ1) is 27.7. The van der Waals surface area contributed by atoms with E-state index in [1.54, 1.807) is 29.2 Å². The van der Waals surface area contributed by atoms with Gasteiger partial charge in [0, 0.05) is 29.8 Å². The van der Waals surface area contributed by atoms with Gasteiger partial charge in [-0.15, -0.1) is 0 Å². The largest absolute Gasteiger partial charge is 0.359 e. The Morgan fingerprint density at radius 1 is 1.10 bits per heavy atom. The molecule has 0 aromatic heterocycles. The standard InChI is InChI=1S/C31H41ClN4O4/c1-20-8-6-15-35(19-20)16-7-17-36-27(29(38)33-22-10-3-2-4-11-22)31-14-13-24(40-31)25(26(31)30(36)39)28(37)34-23-12-5-9-21(32)18-23/h5,9,12-14,18,20,22,24-27H,2-4,6-8,10-11,15-17,19H2,1H3,(H,33,38)(H,34,37)/t20-,24+,25+,26+,27+,31+/m1/s1. The van der Waals surface area contributed by atoms with Crippen molar-refractivity contribution >= 4 is 35.0 Å². The Bertz CT molecular complexity index is 1170. The van der Waals surface area contributed by atoms with Crippen molar-refractivity contribution in [3.05, 3.63) is 41.4 Å². The molecule has 5 aliphatic rings. The molecule has 1 aromatic carbocycles. The summed E-state index contributed by atoms with van der Waals surface area (Å²) >= 11 is 6.13. The Morgan fingerprint density at radius 2 is 1.93 bits per heavy atom. The fraction of sp³-hybridized carbons (Fsp3) is 0.645. The number of benzene rings is 1. The molecule has 0 unspecified atom stereocenters. The summed E-state index contributed by atoms with van der Waals surface area (Å²) in [4.78, 5) is 45.9. The highest BCUT2D eigenvalue weighted by Gasteiger charge is 2.72. The van der Waals surface area contributed by atoms with E-state index in [1.165, 1.54) is 19.3 Å². The summed E-state index contributed by atoms with van der Waals surface area (Å²) in [6, 6.07) is 6.31. The van der Waals surface area contributed by atoms with Crippen LogP contribution in [0, 0.1) is 17.8 Å². The fourth-order valence-corrected chi connectivity index (χ4v) is 7.97. The molecule has 216 valence electrons. The molecule has 2 bridgehead atoms. The lowest BCUT2D eigenvalue weighted by Crippen LogP contribution is -2.56. The van der Waals surface area contributed by atoms with Crippen molar-refractivity contribution in [1.29, 1.82) is 0 Å². The number of ether oxygens (including phenoxy) is 1. The summed E-state index contributed by atoms with van der Waals surface area (Å²) < 4.78 is 6.48. The number of fused-ring (bicyclic) bond motifs is 1. The van der Waals surface area contributed by atoms with E-state index in [4.69, 9.17) is 16.3 Å². The quantitative estimate of drug-likeness (QED) is 0.463. The first-order valence-electron chi connectivity index (χ1n) is 15.1. The molecule has 2 N–H and O–H groups in total. The van der Waals surface area contributed by atoms with Gasteiger partial charge in [-0.2, -0.15) is 0 Å². The third kappa shape index (κ3) is 5.19. The Hall–Kier alpha value is -2.42. The maximum absolute atomic E-state index is 14.2. The summed E-state index contributed by atoms with van der Waals surface area (Å²) in [6.45, 7) is 5.80. The van der Waals surface area contributed by atoms with E-state index in [2.05, 4.69) is 22.5 Å². The Kier molecular flexibility index (Phi) is 7.94. The molecular weight excluding hydrogens is 528 g/mol. The zero-order valence-corrected chi connectivity index (χ0v) is 24.1. The van der Waals surface area contributed by atoms with Gasteiger partial charge in [-0.25, -0.2) is 0 Å². The Balaban J connectivity index is 1.23. The van der Waals surface area contributed by atoms with Crippen LogP contribution in [-0.2, 0) is 19.1 Å². The predicted octanol–water partition coefficient (Wildman–Crippen LogP) is 4.00. The number of nitrogens with one attached hydrogen (secondary N) is 2. The Morgan fingerprint density at radius 3 is 2.70 bits per heavy atom. The highest BCUT2D eigenvalue weighted by molar-refractivity contribution is 6.30. The third-order valence-electron chi connectivity index (χ3n) is 9.58. The van der Waals surface area contributed by atoms with Gasteiger partial charge in [0.05, 0.1) is 17.9 Å². The van der Waals surface area contributed by atoms with Gasteiger partial charge in [0.1, 0.15) is 11.6 Å². The lowest BCUT2D eigenvalue weighted by molar-refractivity contribution is -0.141. The molecule has 0 radical (unpaired) electrons. The van der Waals surface area contributed by atoms with Gasteiger partial charge in [-0.05, 0) is 69.3 Å². The SMILES string of the molecule is C[C@@H]1CCCN(CCCN2C(=O)[C@@H]3[C@@H](C(=O)Nc4cccc(Cl)c4)[C@@H]4C=C[C@@]3(O4)[C@@H]2C(=O)NC2CCCCC2)C1. The van der Waals surface area contributed by atoms with E-state index in [0.717, 1.165) is 51.7 Å². The van der Waals surface area contributed by atoms with Gasteiger partial charge in [0.15, 0.2) is 0 Å². The second-order valence-electron chi connectivity index (χ2n) is 12.5. The molecule has 1 aromatic rings. The van der Waals surface area contributed by atoms with E-state index >= 15 is 0 Å². The lowest BCUT2D eigenvalue weighted by Gasteiger charge is -2.35. The monoisotopic (exact) mass is 568 g/mol. The summed E-state index contributed by atoms with van der Waals surface area (Å²) in [6.07, 6.45) is 11.8. The first-order chi connectivity index (χ1) is 19.4. The number of halogens is 1. The van der Waals surface area contributed by atoms with Crippen molar-refractivity contribution in [2.24, 2.45) is 17.8 Å². The van der Waals surface area contributed by atoms with Crippen LogP contribution in [0.5, 0.6) is 0 Å². The van der Waals surface area contributed by atoms with Crippen molar-refractivity contribution in [1.82, 2.24) is 15.1 Å². The molecule has 3 saturated heterocycles. The topological polar surface area (TPSA) is 91.0 Å². The Labute approximate surface area is 241 Å². The number of hydrogen-bond acceptors (Lipinski definition) is 5. The zero-order valence-electron chi connectivity index (χ0n) is 23.3. The summed E-state index contributed by atoms with van der Waals surface area (Å²) in [7, 11) is 0. The van der Waals surface area contributed by atoms with Crippen LogP contribution in [-0.4, -0.2) is 77.5 Å². The molecule has 4 aliphatic heterocycles. The number of carbonyl (C=O) groups is 3. The molecule has 6 rings (SSSR count). The average molecular weight is 569 g/mol. The predicted molar refractivity (Wildman–Crippen MR) is 154 cm³/mol. The van der Waals surface area contributed by atoms with Crippen molar-refractivity contribution in [2.75, 3.05) is 31.5 Å². The molecule has 4 fully saturated rings. The van der Waals surface area contributed by atoms with Gasteiger partial charge in [0.2, 0.25) is 17.7 Å². The molecular formula is C31H41ClN4O4. The van der Waals surface area contributed by atoms with Crippen LogP contribution in [0.1, 0.15) is 58.3 Å². The number of carbonyl (C=O) groups excluding carboxylic acids is 3. The molecule has 3 amide bonds. The van der Waals surface area contributed by atoms with Crippen LogP contribution in [0.15, 0.2) is 36.4 Å². The normalized spacial score (nSPS) is 33.8. The average Bonchev–Trinajstić information content (AvgIpc) is 3.57. The third-order valence-corrected chi connectivity index (χ3v) is 9.82. The van der Waals surface area contributed by atoms with Crippen molar-refractivity contribution < 1.29 is 19.1 Å². The van der Waals surface area contributed by atoms with Gasteiger partial charge < -0.3 is 25.2 Å². The second-order valence-corrected chi connectivity index (χ2v) is 12.9. The maximum Gasteiger partial charge on any atom is 0.246 e. The first-order valence-corrected chi connectivity index (χ1v) is 15.5. The number of anilines is 1. The number of amides is 3. The number of likely N-dealkylation sites (tertiary alicyclic amines) is 2. The number of nitrogens with zero attached hydrogens (tertiary/aromatic N) is 2. The van der Waals surface area contributed by atoms with Gasteiger partial charge in [-0.3, -0.25) is 14.4 Å². The molecule has 4 heterocycles. The maximum atomic E-state index is 14.2. The number of rotatable bonds is 8. The minimum atomic E-state index is -1.13. The van der Waals surface area contributed by atoms with Crippen LogP contribution >= 0.6 is 11.6 Å². The van der Waals surface area contributed by atoms with Crippen LogP contribution < -0.4 is 10.6 Å². The molecule has 6 atom stereocenters. The van der Waals surface area contributed by atoms with Crippen LogP contribution in [0.2, 0.25) is 5.02 Å². The lowest BCUT2D eigenvalue weighted by atomic mass is 9.74. The van der Waals surface area contributed by atoms with E-state index in [-0.39, 0.29) is 23.8 Å². The summed E-state index contributed by atoms with van der Waals surface area (Å²) in [5, 5.41) is 6.72. The highest BCUT2D eigenvalue weighted by Crippen LogP contribution is 2.55. The number of piperidine rings is 1. The molecule has 40 heavy (non-hydrogen) atoms. The molecule has 1 saturated carbocycles. The minimum Gasteiger partial charge on any atom is -0.359 e.